The van der Waals surface area contributed by atoms with Crippen LogP contribution in [0.25, 0.3) is 0 Å². The molecule has 17 heavy (non-hydrogen) atoms. The number of amides is 1. The van der Waals surface area contributed by atoms with E-state index >= 15 is 0 Å². The van der Waals surface area contributed by atoms with Crippen molar-refractivity contribution in [2.75, 3.05) is 13.1 Å². The molecule has 1 saturated heterocycles. The van der Waals surface area contributed by atoms with Gasteiger partial charge in [-0.2, -0.15) is 0 Å². The smallest absolute Gasteiger partial charge is 0.227 e. The molecule has 1 heterocycles. The first-order chi connectivity index (χ1) is 7.97. The largest absolute Gasteiger partial charge is 0.342 e. The summed E-state index contributed by atoms with van der Waals surface area (Å²) in [6.45, 7) is 3.46. The molecule has 1 aromatic carbocycles. The molecule has 0 spiro atoms. The van der Waals surface area contributed by atoms with Gasteiger partial charge in [-0.3, -0.25) is 4.79 Å². The lowest BCUT2D eigenvalue weighted by atomic mass is 10.0. The van der Waals surface area contributed by atoms with Crippen LogP contribution in [0.5, 0.6) is 0 Å². The van der Waals surface area contributed by atoms with Gasteiger partial charge in [0.1, 0.15) is 11.6 Å². The highest BCUT2D eigenvalue weighted by molar-refractivity contribution is 9.10. The van der Waals surface area contributed by atoms with Crippen LogP contribution in [0.15, 0.2) is 16.6 Å². The Morgan fingerprint density at radius 2 is 2.06 bits per heavy atom. The lowest BCUT2D eigenvalue weighted by molar-refractivity contribution is -0.136. The van der Waals surface area contributed by atoms with Gasteiger partial charge in [0.2, 0.25) is 5.91 Å². The van der Waals surface area contributed by atoms with Crippen LogP contribution in [0.4, 0.5) is 8.78 Å². The van der Waals surface area contributed by atoms with E-state index in [9.17, 15) is 13.6 Å². The minimum atomic E-state index is -0.555. The molecule has 1 aromatic rings. The molecular formula is C12H12BrF2NO. The van der Waals surface area contributed by atoms with Crippen molar-refractivity contribution in [1.29, 1.82) is 0 Å². The monoisotopic (exact) mass is 303 g/mol. The molecule has 1 fully saturated rings. The number of benzene rings is 1. The zero-order chi connectivity index (χ0) is 12.6. The molecule has 0 unspecified atom stereocenters. The van der Waals surface area contributed by atoms with E-state index < -0.39 is 11.6 Å². The molecule has 0 atom stereocenters. The lowest BCUT2D eigenvalue weighted by Gasteiger charge is -2.37. The third-order valence-corrected chi connectivity index (χ3v) is 3.46. The standard InChI is InChI=1S/C12H12BrF2NO/c1-7-5-16(6-7)12(17)3-8-2-11(15)9(13)4-10(8)14/h2,4,7H,3,5-6H2,1H3. The third-order valence-electron chi connectivity index (χ3n) is 2.85. The van der Waals surface area contributed by atoms with E-state index in [4.69, 9.17) is 0 Å². The molecule has 0 saturated carbocycles. The average molecular weight is 304 g/mol. The quantitative estimate of drug-likeness (QED) is 0.769. The Balaban J connectivity index is 2.08. The predicted octanol–water partition coefficient (Wildman–Crippen LogP) is 2.75. The maximum Gasteiger partial charge on any atom is 0.227 e. The van der Waals surface area contributed by atoms with Crippen LogP contribution < -0.4 is 0 Å². The van der Waals surface area contributed by atoms with Gasteiger partial charge in [0.15, 0.2) is 0 Å². The predicted molar refractivity (Wildman–Crippen MR) is 63.5 cm³/mol. The van der Waals surface area contributed by atoms with Gasteiger partial charge in [0, 0.05) is 18.7 Å². The highest BCUT2D eigenvalue weighted by atomic mass is 79.9. The number of hydrogen-bond acceptors (Lipinski definition) is 1. The Kier molecular flexibility index (Phi) is 3.47. The second kappa shape index (κ2) is 4.72. The highest BCUT2D eigenvalue weighted by Crippen LogP contribution is 2.22. The second-order valence-corrected chi connectivity index (χ2v) is 5.29. The van der Waals surface area contributed by atoms with Crippen molar-refractivity contribution in [2.24, 2.45) is 5.92 Å². The number of carbonyl (C=O) groups excluding carboxylic acids is 1. The molecular weight excluding hydrogens is 292 g/mol. The molecule has 1 aliphatic heterocycles. The Hall–Kier alpha value is -0.970. The summed E-state index contributed by atoms with van der Waals surface area (Å²) in [5.74, 6) is -0.749. The van der Waals surface area contributed by atoms with Gasteiger partial charge in [-0.25, -0.2) is 8.78 Å². The Labute approximate surface area is 107 Å². The van der Waals surface area contributed by atoms with Crippen LogP contribution >= 0.6 is 15.9 Å². The van der Waals surface area contributed by atoms with Crippen molar-refractivity contribution in [2.45, 2.75) is 13.3 Å². The van der Waals surface area contributed by atoms with E-state index in [1.165, 1.54) is 0 Å². The number of likely N-dealkylation sites (tertiary alicyclic amines) is 1. The van der Waals surface area contributed by atoms with Gasteiger partial charge >= 0.3 is 0 Å². The van der Waals surface area contributed by atoms with Crippen LogP contribution in [0.1, 0.15) is 12.5 Å². The van der Waals surface area contributed by atoms with Crippen molar-refractivity contribution in [1.82, 2.24) is 4.90 Å². The summed E-state index contributed by atoms with van der Waals surface area (Å²) in [6.07, 6.45) is -0.0806. The van der Waals surface area contributed by atoms with E-state index in [-0.39, 0.29) is 22.4 Å². The van der Waals surface area contributed by atoms with Gasteiger partial charge in [-0.05, 0) is 34.0 Å². The molecule has 0 N–H and O–H groups in total. The maximum atomic E-state index is 13.5. The molecule has 2 nitrogen and oxygen atoms in total. The van der Waals surface area contributed by atoms with E-state index in [1.54, 1.807) is 4.90 Å². The Morgan fingerprint density at radius 1 is 1.41 bits per heavy atom. The van der Waals surface area contributed by atoms with Crippen LogP contribution in [-0.4, -0.2) is 23.9 Å². The van der Waals surface area contributed by atoms with Crippen LogP contribution in [0.2, 0.25) is 0 Å². The Bertz CT molecular complexity index is 458. The highest BCUT2D eigenvalue weighted by Gasteiger charge is 2.27. The molecule has 1 amide bonds. The first-order valence-electron chi connectivity index (χ1n) is 5.38. The zero-order valence-corrected chi connectivity index (χ0v) is 10.9. The van der Waals surface area contributed by atoms with Crippen LogP contribution in [0, 0.1) is 17.6 Å². The van der Waals surface area contributed by atoms with Crippen molar-refractivity contribution in [3.63, 3.8) is 0 Å². The molecule has 1 aliphatic rings. The summed E-state index contributed by atoms with van der Waals surface area (Å²) in [7, 11) is 0. The van der Waals surface area contributed by atoms with Gasteiger partial charge in [0.05, 0.1) is 10.9 Å². The Morgan fingerprint density at radius 3 is 2.65 bits per heavy atom. The van der Waals surface area contributed by atoms with E-state index in [2.05, 4.69) is 15.9 Å². The maximum absolute atomic E-state index is 13.5. The summed E-state index contributed by atoms with van der Waals surface area (Å²) in [5, 5.41) is 0. The molecule has 0 radical (unpaired) electrons. The number of rotatable bonds is 2. The molecule has 5 heteroatoms. The number of nitrogens with zero attached hydrogens (tertiary/aromatic N) is 1. The van der Waals surface area contributed by atoms with E-state index in [0.717, 1.165) is 12.1 Å². The topological polar surface area (TPSA) is 20.3 Å². The summed E-state index contributed by atoms with van der Waals surface area (Å²) in [4.78, 5) is 13.4. The summed E-state index contributed by atoms with van der Waals surface area (Å²) < 4.78 is 26.8. The fourth-order valence-electron chi connectivity index (χ4n) is 1.88. The third kappa shape index (κ3) is 2.65. The normalized spacial score (nSPS) is 15.9. The minimum Gasteiger partial charge on any atom is -0.342 e. The minimum absolute atomic E-state index is 0.0729. The van der Waals surface area contributed by atoms with Crippen molar-refractivity contribution in [3.05, 3.63) is 33.8 Å². The molecule has 0 bridgehead atoms. The molecule has 2 rings (SSSR count). The summed E-state index contributed by atoms with van der Waals surface area (Å²) in [6, 6.07) is 2.12. The van der Waals surface area contributed by atoms with Gasteiger partial charge < -0.3 is 4.90 Å². The van der Waals surface area contributed by atoms with E-state index in [1.807, 2.05) is 6.92 Å². The number of carbonyl (C=O) groups is 1. The first kappa shape index (κ1) is 12.5. The average Bonchev–Trinajstić information content (AvgIpc) is 2.21. The van der Waals surface area contributed by atoms with Crippen molar-refractivity contribution < 1.29 is 13.6 Å². The van der Waals surface area contributed by atoms with Crippen molar-refractivity contribution in [3.8, 4) is 0 Å². The lowest BCUT2D eigenvalue weighted by Crippen LogP contribution is -2.49. The molecule has 0 aromatic heterocycles. The fraction of sp³-hybridized carbons (Fsp3) is 0.417. The van der Waals surface area contributed by atoms with Gasteiger partial charge in [-0.15, -0.1) is 0 Å². The summed E-state index contributed by atoms with van der Waals surface area (Å²) >= 11 is 2.90. The first-order valence-corrected chi connectivity index (χ1v) is 6.18. The fourth-order valence-corrected chi connectivity index (χ4v) is 2.19. The van der Waals surface area contributed by atoms with Crippen LogP contribution in [0.3, 0.4) is 0 Å². The zero-order valence-electron chi connectivity index (χ0n) is 9.34. The summed E-state index contributed by atoms with van der Waals surface area (Å²) in [5.41, 5.74) is 0.107. The van der Waals surface area contributed by atoms with Crippen molar-refractivity contribution >= 4 is 21.8 Å². The molecule has 92 valence electrons. The second-order valence-electron chi connectivity index (χ2n) is 4.44. The van der Waals surface area contributed by atoms with Gasteiger partial charge in [-0.1, -0.05) is 6.92 Å². The SMILES string of the molecule is CC1CN(C(=O)Cc2cc(F)c(Br)cc2F)C1. The van der Waals surface area contributed by atoms with E-state index in [0.29, 0.717) is 19.0 Å². The van der Waals surface area contributed by atoms with Gasteiger partial charge in [0.25, 0.3) is 0 Å². The number of halogens is 3. The molecule has 0 aliphatic carbocycles. The number of hydrogen-bond donors (Lipinski definition) is 0. The van der Waals surface area contributed by atoms with Crippen LogP contribution in [-0.2, 0) is 11.2 Å².